The van der Waals surface area contributed by atoms with Crippen LogP contribution in [0.15, 0.2) is 42.7 Å². The van der Waals surface area contributed by atoms with Gasteiger partial charge in [0.15, 0.2) is 0 Å². The van der Waals surface area contributed by atoms with E-state index >= 15 is 0 Å². The Hall–Kier alpha value is -2.15. The van der Waals surface area contributed by atoms with E-state index in [1.165, 1.54) is 0 Å². The van der Waals surface area contributed by atoms with Gasteiger partial charge in [-0.25, -0.2) is 8.78 Å². The van der Waals surface area contributed by atoms with Gasteiger partial charge in [-0.05, 0) is 24.3 Å². The molecule has 1 aromatic carbocycles. The quantitative estimate of drug-likeness (QED) is 0.841. The third kappa shape index (κ3) is 3.33. The fourth-order valence-corrected chi connectivity index (χ4v) is 4.88. The number of ether oxygens (including phenoxy) is 1. The average Bonchev–Trinajstić information content (AvgIpc) is 2.97. The van der Waals surface area contributed by atoms with Crippen LogP contribution >= 0.6 is 11.8 Å². The highest BCUT2D eigenvalue weighted by molar-refractivity contribution is 8.01. The van der Waals surface area contributed by atoms with Gasteiger partial charge in [0.25, 0.3) is 5.91 Å². The topological polar surface area (TPSA) is 42.4 Å². The Morgan fingerprint density at radius 3 is 2.72 bits per heavy atom. The van der Waals surface area contributed by atoms with Gasteiger partial charge < -0.3 is 9.64 Å². The summed E-state index contributed by atoms with van der Waals surface area (Å²) in [6.45, 7) is 1.14. The summed E-state index contributed by atoms with van der Waals surface area (Å²) >= 11 is 1.79. The monoisotopic (exact) mass is 362 g/mol. The molecule has 1 atom stereocenters. The van der Waals surface area contributed by atoms with E-state index < -0.39 is 11.6 Å². The van der Waals surface area contributed by atoms with Crippen molar-refractivity contribution in [2.45, 2.75) is 17.3 Å². The van der Waals surface area contributed by atoms with Gasteiger partial charge in [-0.2, -0.15) is 0 Å². The lowest BCUT2D eigenvalue weighted by atomic mass is 9.92. The van der Waals surface area contributed by atoms with E-state index in [1.54, 1.807) is 29.1 Å². The second-order valence-electron chi connectivity index (χ2n) is 6.45. The lowest BCUT2D eigenvalue weighted by Crippen LogP contribution is -2.60. The number of rotatable bonds is 3. The van der Waals surface area contributed by atoms with Gasteiger partial charge in [0.2, 0.25) is 0 Å². The Balaban J connectivity index is 1.36. The van der Waals surface area contributed by atoms with Crippen molar-refractivity contribution in [1.29, 1.82) is 0 Å². The van der Waals surface area contributed by atoms with Crippen LogP contribution in [0.1, 0.15) is 16.8 Å². The summed E-state index contributed by atoms with van der Waals surface area (Å²) in [6.07, 6.45) is 4.30. The Bertz CT molecular complexity index is 777. The highest BCUT2D eigenvalue weighted by Gasteiger charge is 2.51. The molecular formula is C18H16F2N2O2S. The molecule has 1 spiro atoms. The van der Waals surface area contributed by atoms with Crippen molar-refractivity contribution in [3.63, 3.8) is 0 Å². The zero-order chi connectivity index (χ0) is 17.4. The number of nitrogens with zero attached hydrogens (tertiary/aromatic N) is 2. The fourth-order valence-electron chi connectivity index (χ4n) is 3.36. The molecule has 130 valence electrons. The second kappa shape index (κ2) is 6.29. The van der Waals surface area contributed by atoms with Crippen LogP contribution in [0, 0.1) is 11.6 Å². The molecule has 0 N–H and O–H groups in total. The summed E-state index contributed by atoms with van der Waals surface area (Å²) in [4.78, 5) is 18.1. The number of amides is 1. The molecule has 7 heteroatoms. The van der Waals surface area contributed by atoms with Gasteiger partial charge in [0.05, 0.1) is 10.9 Å². The molecular weight excluding hydrogens is 346 g/mol. The second-order valence-corrected chi connectivity index (χ2v) is 7.93. The fraction of sp³-hybridized carbons (Fsp3) is 0.333. The zero-order valence-electron chi connectivity index (χ0n) is 13.3. The minimum Gasteiger partial charge on any atom is -0.488 e. The van der Waals surface area contributed by atoms with Crippen LogP contribution in [0.3, 0.4) is 0 Å². The molecule has 0 saturated carbocycles. The molecule has 1 aromatic heterocycles. The first-order valence-electron chi connectivity index (χ1n) is 7.99. The number of benzene rings is 1. The Labute approximate surface area is 148 Å². The lowest BCUT2D eigenvalue weighted by Gasteiger charge is -2.47. The molecule has 2 aliphatic heterocycles. The van der Waals surface area contributed by atoms with Crippen molar-refractivity contribution in [1.82, 2.24) is 9.88 Å². The van der Waals surface area contributed by atoms with Crippen molar-refractivity contribution in [3.05, 3.63) is 59.9 Å². The number of hydrogen-bond acceptors (Lipinski definition) is 4. The van der Waals surface area contributed by atoms with Crippen LogP contribution in [0.5, 0.6) is 5.75 Å². The van der Waals surface area contributed by atoms with Gasteiger partial charge in [0, 0.05) is 43.1 Å². The summed E-state index contributed by atoms with van der Waals surface area (Å²) in [5.41, 5.74) is 0.0542. The summed E-state index contributed by atoms with van der Waals surface area (Å²) < 4.78 is 32.5. The number of hydrogen-bond donors (Lipinski definition) is 0. The van der Waals surface area contributed by atoms with Crippen molar-refractivity contribution >= 4 is 17.7 Å². The highest BCUT2D eigenvalue weighted by Crippen LogP contribution is 2.46. The molecule has 0 unspecified atom stereocenters. The first-order chi connectivity index (χ1) is 12.0. The molecule has 0 aliphatic carbocycles. The molecule has 4 rings (SSSR count). The molecule has 2 aliphatic rings. The first kappa shape index (κ1) is 16.3. The number of halogens is 2. The molecule has 25 heavy (non-hydrogen) atoms. The van der Waals surface area contributed by atoms with Crippen LogP contribution in [-0.4, -0.2) is 45.5 Å². The summed E-state index contributed by atoms with van der Waals surface area (Å²) in [5, 5.41) is 0. The molecule has 3 heterocycles. The third-order valence-electron chi connectivity index (χ3n) is 4.47. The third-order valence-corrected chi connectivity index (χ3v) is 6.04. The molecule has 1 amide bonds. The van der Waals surface area contributed by atoms with Crippen molar-refractivity contribution in [2.24, 2.45) is 0 Å². The SMILES string of the molecule is O=C(c1cc(F)cc(F)c1)N1CC2(C[C@@H](Oc3cccnc3)CS2)C1. The minimum atomic E-state index is -0.737. The Morgan fingerprint density at radius 1 is 1.28 bits per heavy atom. The van der Waals surface area contributed by atoms with Gasteiger partial charge in [-0.1, -0.05) is 0 Å². The number of carbonyl (C=O) groups excluding carboxylic acids is 1. The maximum absolute atomic E-state index is 13.3. The molecule has 2 fully saturated rings. The zero-order valence-corrected chi connectivity index (χ0v) is 14.1. The maximum atomic E-state index is 13.3. The number of thioether (sulfide) groups is 1. The van der Waals surface area contributed by atoms with E-state index in [-0.39, 0.29) is 22.3 Å². The van der Waals surface area contributed by atoms with Crippen molar-refractivity contribution in [3.8, 4) is 5.75 Å². The van der Waals surface area contributed by atoms with E-state index in [4.69, 9.17) is 4.74 Å². The van der Waals surface area contributed by atoms with Crippen molar-refractivity contribution < 1.29 is 18.3 Å². The number of likely N-dealkylation sites (tertiary alicyclic amines) is 1. The van der Waals surface area contributed by atoms with E-state index in [9.17, 15) is 13.6 Å². The predicted octanol–water partition coefficient (Wildman–Crippen LogP) is 3.14. The Kier molecular flexibility index (Phi) is 4.11. The van der Waals surface area contributed by atoms with Crippen LogP contribution in [-0.2, 0) is 0 Å². The van der Waals surface area contributed by atoms with Crippen LogP contribution in [0.2, 0.25) is 0 Å². The molecule has 4 nitrogen and oxygen atoms in total. The maximum Gasteiger partial charge on any atom is 0.254 e. The summed E-state index contributed by atoms with van der Waals surface area (Å²) in [7, 11) is 0. The van der Waals surface area contributed by atoms with E-state index in [0.717, 1.165) is 36.1 Å². The van der Waals surface area contributed by atoms with Gasteiger partial charge in [-0.3, -0.25) is 9.78 Å². The largest absolute Gasteiger partial charge is 0.488 e. The van der Waals surface area contributed by atoms with Crippen LogP contribution in [0.25, 0.3) is 0 Å². The van der Waals surface area contributed by atoms with Crippen molar-refractivity contribution in [2.75, 3.05) is 18.8 Å². The average molecular weight is 362 g/mol. The van der Waals surface area contributed by atoms with E-state index in [1.807, 2.05) is 12.1 Å². The molecule has 0 bridgehead atoms. The first-order valence-corrected chi connectivity index (χ1v) is 8.98. The Morgan fingerprint density at radius 2 is 2.04 bits per heavy atom. The number of aromatic nitrogens is 1. The highest BCUT2D eigenvalue weighted by atomic mass is 32.2. The van der Waals surface area contributed by atoms with Crippen LogP contribution in [0.4, 0.5) is 8.78 Å². The van der Waals surface area contributed by atoms with Crippen LogP contribution < -0.4 is 4.74 Å². The number of pyridine rings is 1. The smallest absolute Gasteiger partial charge is 0.254 e. The standard InChI is InChI=1S/C18H16F2N2O2S/c19-13-4-12(5-14(20)6-13)17(23)22-10-18(11-22)7-16(9-25-18)24-15-2-1-3-21-8-15/h1-6,8,16H,7,9-11H2/t16-/m1/s1. The van der Waals surface area contributed by atoms with Gasteiger partial charge in [0.1, 0.15) is 23.5 Å². The summed E-state index contributed by atoms with van der Waals surface area (Å²) in [6, 6.07) is 6.62. The van der Waals surface area contributed by atoms with E-state index in [2.05, 4.69) is 4.98 Å². The molecule has 2 saturated heterocycles. The normalized spacial score (nSPS) is 21.2. The summed E-state index contributed by atoms with van der Waals surface area (Å²) in [5.74, 6) is -0.211. The lowest BCUT2D eigenvalue weighted by molar-refractivity contribution is 0.0517. The predicted molar refractivity (Wildman–Crippen MR) is 90.7 cm³/mol. The van der Waals surface area contributed by atoms with Gasteiger partial charge in [-0.15, -0.1) is 11.8 Å². The minimum absolute atomic E-state index is 0.0194. The molecule has 2 aromatic rings. The van der Waals surface area contributed by atoms with Gasteiger partial charge >= 0.3 is 0 Å². The van der Waals surface area contributed by atoms with E-state index in [0.29, 0.717) is 13.1 Å². The number of carbonyl (C=O) groups is 1. The molecule has 0 radical (unpaired) electrons.